The molecule has 26 heavy (non-hydrogen) atoms. The maximum Gasteiger partial charge on any atom is 0.419 e. The minimum absolute atomic E-state index is 0.368. The molecule has 0 saturated heterocycles. The standard InChI is InChI=1S/C19H14N4O3/c1-2-23-15-7-6-11(10-16(15)25-19(23)24)17-21-18(26-22-17)13-4-3-5-14-12(13)8-9-20-14/h3-10,20H,2H2,1H3. The van der Waals surface area contributed by atoms with Crippen molar-refractivity contribution in [2.75, 3.05) is 0 Å². The van der Waals surface area contributed by atoms with Crippen LogP contribution in [0.4, 0.5) is 0 Å². The van der Waals surface area contributed by atoms with Gasteiger partial charge in [-0.2, -0.15) is 4.98 Å². The molecule has 0 amide bonds. The Bertz CT molecular complexity index is 1310. The lowest BCUT2D eigenvalue weighted by Crippen LogP contribution is -2.11. The average molecular weight is 346 g/mol. The summed E-state index contributed by atoms with van der Waals surface area (Å²) in [5.41, 5.74) is 3.86. The fourth-order valence-corrected chi connectivity index (χ4v) is 3.23. The van der Waals surface area contributed by atoms with Gasteiger partial charge in [-0.1, -0.05) is 11.2 Å². The van der Waals surface area contributed by atoms with E-state index in [1.165, 1.54) is 0 Å². The van der Waals surface area contributed by atoms with Crippen molar-refractivity contribution in [2.24, 2.45) is 0 Å². The number of fused-ring (bicyclic) bond motifs is 2. The van der Waals surface area contributed by atoms with Crippen molar-refractivity contribution in [3.63, 3.8) is 0 Å². The van der Waals surface area contributed by atoms with Crippen LogP contribution in [-0.4, -0.2) is 19.7 Å². The first-order valence-corrected chi connectivity index (χ1v) is 8.28. The molecule has 0 atom stereocenters. The Morgan fingerprint density at radius 2 is 2.12 bits per heavy atom. The predicted octanol–water partition coefficient (Wildman–Crippen LogP) is 3.81. The van der Waals surface area contributed by atoms with Crippen molar-refractivity contribution >= 4 is 22.0 Å². The van der Waals surface area contributed by atoms with E-state index in [9.17, 15) is 4.79 Å². The van der Waals surface area contributed by atoms with Gasteiger partial charge in [0.1, 0.15) is 0 Å². The molecular formula is C19H14N4O3. The number of aromatic nitrogens is 4. The van der Waals surface area contributed by atoms with Gasteiger partial charge in [0, 0.05) is 34.8 Å². The van der Waals surface area contributed by atoms with Crippen LogP contribution in [-0.2, 0) is 6.54 Å². The third kappa shape index (κ3) is 2.10. The summed E-state index contributed by atoms with van der Waals surface area (Å²) in [4.78, 5) is 19.5. The Hall–Kier alpha value is -3.61. The Morgan fingerprint density at radius 3 is 3.00 bits per heavy atom. The van der Waals surface area contributed by atoms with Gasteiger partial charge in [-0.15, -0.1) is 0 Å². The van der Waals surface area contributed by atoms with E-state index in [4.69, 9.17) is 8.94 Å². The molecule has 0 aliphatic carbocycles. The summed E-state index contributed by atoms with van der Waals surface area (Å²) in [6.45, 7) is 2.45. The summed E-state index contributed by atoms with van der Waals surface area (Å²) in [6, 6.07) is 13.3. The van der Waals surface area contributed by atoms with Crippen molar-refractivity contribution in [1.29, 1.82) is 0 Å². The maximum absolute atomic E-state index is 11.8. The first kappa shape index (κ1) is 14.7. The van der Waals surface area contributed by atoms with Crippen LogP contribution in [0.3, 0.4) is 0 Å². The number of oxazole rings is 1. The summed E-state index contributed by atoms with van der Waals surface area (Å²) in [7, 11) is 0. The number of rotatable bonds is 3. The van der Waals surface area contributed by atoms with Crippen LogP contribution in [0.5, 0.6) is 0 Å². The molecule has 0 radical (unpaired) electrons. The molecule has 0 saturated carbocycles. The fraction of sp³-hybridized carbons (Fsp3) is 0.105. The third-order valence-electron chi connectivity index (χ3n) is 4.49. The molecule has 1 N–H and O–H groups in total. The van der Waals surface area contributed by atoms with E-state index < -0.39 is 0 Å². The zero-order valence-electron chi connectivity index (χ0n) is 13.9. The Balaban J connectivity index is 1.61. The normalized spacial score (nSPS) is 11.6. The number of nitrogens with one attached hydrogen (secondary N) is 1. The number of aromatic amines is 1. The van der Waals surface area contributed by atoms with E-state index >= 15 is 0 Å². The van der Waals surface area contributed by atoms with E-state index in [2.05, 4.69) is 15.1 Å². The Labute approximate surface area is 146 Å². The average Bonchev–Trinajstić information content (AvgIpc) is 3.38. The third-order valence-corrected chi connectivity index (χ3v) is 4.49. The number of nitrogens with zero attached hydrogens (tertiary/aromatic N) is 3. The molecule has 0 bridgehead atoms. The maximum atomic E-state index is 11.8. The molecule has 7 heteroatoms. The van der Waals surface area contributed by atoms with Gasteiger partial charge in [-0.25, -0.2) is 4.79 Å². The van der Waals surface area contributed by atoms with Gasteiger partial charge in [-0.05, 0) is 43.3 Å². The summed E-state index contributed by atoms with van der Waals surface area (Å²) >= 11 is 0. The number of aryl methyl sites for hydroxylation is 1. The summed E-state index contributed by atoms with van der Waals surface area (Å²) < 4.78 is 12.4. The van der Waals surface area contributed by atoms with Crippen LogP contribution in [0.2, 0.25) is 0 Å². The monoisotopic (exact) mass is 346 g/mol. The van der Waals surface area contributed by atoms with Crippen molar-refractivity contribution in [1.82, 2.24) is 19.7 Å². The molecule has 7 nitrogen and oxygen atoms in total. The topological polar surface area (TPSA) is 89.9 Å². The van der Waals surface area contributed by atoms with E-state index in [0.717, 1.165) is 27.5 Å². The molecule has 5 aromatic rings. The molecular weight excluding hydrogens is 332 g/mol. The SMILES string of the molecule is CCn1c(=O)oc2cc(-c3noc(-c4cccc5[nH]ccc45)n3)ccc21. The van der Waals surface area contributed by atoms with Gasteiger partial charge < -0.3 is 13.9 Å². The molecule has 0 aliphatic heterocycles. The fourth-order valence-electron chi connectivity index (χ4n) is 3.23. The quantitative estimate of drug-likeness (QED) is 0.536. The lowest BCUT2D eigenvalue weighted by Gasteiger charge is -1.97. The van der Waals surface area contributed by atoms with Crippen LogP contribution in [0.1, 0.15) is 6.92 Å². The highest BCUT2D eigenvalue weighted by Gasteiger charge is 2.15. The molecule has 3 heterocycles. The minimum atomic E-state index is -0.368. The van der Waals surface area contributed by atoms with Crippen molar-refractivity contribution in [3.05, 3.63) is 59.2 Å². The van der Waals surface area contributed by atoms with Crippen LogP contribution in [0, 0.1) is 0 Å². The molecule has 2 aromatic carbocycles. The number of hydrogen-bond acceptors (Lipinski definition) is 5. The van der Waals surface area contributed by atoms with Crippen LogP contribution in [0.25, 0.3) is 44.8 Å². The minimum Gasteiger partial charge on any atom is -0.408 e. The zero-order chi connectivity index (χ0) is 17.7. The number of H-pyrrole nitrogens is 1. The van der Waals surface area contributed by atoms with Gasteiger partial charge in [0.2, 0.25) is 5.82 Å². The van der Waals surface area contributed by atoms with Gasteiger partial charge in [0.15, 0.2) is 5.58 Å². The van der Waals surface area contributed by atoms with Crippen molar-refractivity contribution in [2.45, 2.75) is 13.5 Å². The summed E-state index contributed by atoms with van der Waals surface area (Å²) in [5.74, 6) is 0.520. The second-order valence-electron chi connectivity index (χ2n) is 5.96. The highest BCUT2D eigenvalue weighted by molar-refractivity contribution is 5.93. The second kappa shape index (κ2) is 5.45. The number of hydrogen-bond donors (Lipinski definition) is 1. The molecule has 128 valence electrons. The van der Waals surface area contributed by atoms with E-state index in [1.807, 2.05) is 49.5 Å². The first-order chi connectivity index (χ1) is 12.7. The van der Waals surface area contributed by atoms with Crippen LogP contribution < -0.4 is 5.76 Å². The van der Waals surface area contributed by atoms with Crippen molar-refractivity contribution in [3.8, 4) is 22.8 Å². The Kier molecular flexibility index (Phi) is 3.08. The molecule has 0 aliphatic rings. The number of benzene rings is 2. The van der Waals surface area contributed by atoms with E-state index in [-0.39, 0.29) is 5.76 Å². The van der Waals surface area contributed by atoms with Gasteiger partial charge in [0.25, 0.3) is 5.89 Å². The smallest absolute Gasteiger partial charge is 0.408 e. The van der Waals surface area contributed by atoms with Gasteiger partial charge in [0.05, 0.1) is 5.52 Å². The highest BCUT2D eigenvalue weighted by atomic mass is 16.5. The van der Waals surface area contributed by atoms with Gasteiger partial charge in [-0.3, -0.25) is 4.57 Å². The molecule has 0 spiro atoms. The van der Waals surface area contributed by atoms with Crippen LogP contribution in [0.15, 0.2) is 62.4 Å². The molecule has 0 unspecified atom stereocenters. The zero-order valence-corrected chi connectivity index (χ0v) is 13.9. The Morgan fingerprint density at radius 1 is 1.19 bits per heavy atom. The van der Waals surface area contributed by atoms with Crippen molar-refractivity contribution < 1.29 is 8.94 Å². The molecule has 0 fully saturated rings. The molecule has 5 rings (SSSR count). The molecule has 3 aromatic heterocycles. The summed E-state index contributed by atoms with van der Waals surface area (Å²) in [6.07, 6.45) is 1.87. The van der Waals surface area contributed by atoms with E-state index in [0.29, 0.717) is 23.8 Å². The highest BCUT2D eigenvalue weighted by Crippen LogP contribution is 2.29. The second-order valence-corrected chi connectivity index (χ2v) is 5.96. The largest absolute Gasteiger partial charge is 0.419 e. The lowest BCUT2D eigenvalue weighted by atomic mass is 10.1. The first-order valence-electron chi connectivity index (χ1n) is 8.28. The van der Waals surface area contributed by atoms with E-state index in [1.54, 1.807) is 10.6 Å². The lowest BCUT2D eigenvalue weighted by molar-refractivity contribution is 0.432. The van der Waals surface area contributed by atoms with Gasteiger partial charge >= 0.3 is 5.76 Å². The summed E-state index contributed by atoms with van der Waals surface area (Å²) in [5, 5.41) is 5.11. The predicted molar refractivity (Wildman–Crippen MR) is 96.7 cm³/mol. The van der Waals surface area contributed by atoms with Crippen LogP contribution >= 0.6 is 0 Å².